The van der Waals surface area contributed by atoms with Gasteiger partial charge in [-0.3, -0.25) is 4.68 Å². The number of nitrogens with zero attached hydrogens (tertiary/aromatic N) is 2. The van der Waals surface area contributed by atoms with E-state index in [2.05, 4.69) is 22.0 Å². The lowest BCUT2D eigenvalue weighted by molar-refractivity contribution is 0.607. The van der Waals surface area contributed by atoms with E-state index < -0.39 is 0 Å². The van der Waals surface area contributed by atoms with Crippen molar-refractivity contribution in [1.82, 2.24) is 15.1 Å². The van der Waals surface area contributed by atoms with E-state index in [9.17, 15) is 0 Å². The first-order valence-electron chi connectivity index (χ1n) is 4.66. The van der Waals surface area contributed by atoms with Gasteiger partial charge in [0, 0.05) is 24.3 Å². The van der Waals surface area contributed by atoms with E-state index in [1.54, 1.807) is 0 Å². The van der Waals surface area contributed by atoms with Crippen LogP contribution in [0.2, 0.25) is 0 Å². The Bertz CT molecular complexity index is 265. The highest BCUT2D eigenvalue weighted by atomic mass is 15.3. The first-order valence-corrected chi connectivity index (χ1v) is 4.66. The molecule has 1 aliphatic rings. The van der Waals surface area contributed by atoms with Gasteiger partial charge in [0.15, 0.2) is 0 Å². The molecule has 3 nitrogen and oxygen atoms in total. The van der Waals surface area contributed by atoms with Crippen molar-refractivity contribution in [1.29, 1.82) is 0 Å². The Hall–Kier alpha value is -0.830. The Morgan fingerprint density at radius 1 is 1.67 bits per heavy atom. The van der Waals surface area contributed by atoms with Gasteiger partial charge in [-0.2, -0.15) is 5.10 Å². The fourth-order valence-corrected chi connectivity index (χ4v) is 1.76. The van der Waals surface area contributed by atoms with Crippen molar-refractivity contribution in [3.8, 4) is 0 Å². The van der Waals surface area contributed by atoms with Crippen molar-refractivity contribution in [3.63, 3.8) is 0 Å². The minimum Gasteiger partial charge on any atom is -0.313 e. The molecule has 0 amide bonds. The molecule has 0 saturated carbocycles. The SMILES string of the molecule is CCn1ncc2c1CCCNC2. The summed E-state index contributed by atoms with van der Waals surface area (Å²) in [6, 6.07) is 0. The van der Waals surface area contributed by atoms with Crippen molar-refractivity contribution in [2.45, 2.75) is 32.9 Å². The molecule has 1 N–H and O–H groups in total. The number of hydrogen-bond donors (Lipinski definition) is 1. The van der Waals surface area contributed by atoms with E-state index >= 15 is 0 Å². The lowest BCUT2D eigenvalue weighted by Gasteiger charge is -2.02. The summed E-state index contributed by atoms with van der Waals surface area (Å²) >= 11 is 0. The molecule has 3 heteroatoms. The van der Waals surface area contributed by atoms with Crippen LogP contribution in [0.1, 0.15) is 24.6 Å². The third-order valence-electron chi connectivity index (χ3n) is 2.42. The third-order valence-corrected chi connectivity index (χ3v) is 2.42. The molecular weight excluding hydrogens is 150 g/mol. The van der Waals surface area contributed by atoms with Crippen LogP contribution in [0.3, 0.4) is 0 Å². The third kappa shape index (κ3) is 1.25. The molecule has 0 fully saturated rings. The fraction of sp³-hybridized carbons (Fsp3) is 0.667. The van der Waals surface area contributed by atoms with Gasteiger partial charge in [-0.1, -0.05) is 0 Å². The number of hydrogen-bond acceptors (Lipinski definition) is 2. The van der Waals surface area contributed by atoms with Crippen molar-refractivity contribution in [2.24, 2.45) is 0 Å². The maximum atomic E-state index is 4.33. The van der Waals surface area contributed by atoms with Gasteiger partial charge >= 0.3 is 0 Å². The van der Waals surface area contributed by atoms with Crippen LogP contribution in [0.15, 0.2) is 6.20 Å². The highest BCUT2D eigenvalue weighted by Crippen LogP contribution is 2.13. The topological polar surface area (TPSA) is 29.9 Å². The maximum Gasteiger partial charge on any atom is 0.0537 e. The second-order valence-corrected chi connectivity index (χ2v) is 3.21. The Kier molecular flexibility index (Phi) is 2.13. The maximum absolute atomic E-state index is 4.33. The van der Waals surface area contributed by atoms with E-state index in [0.29, 0.717) is 0 Å². The Morgan fingerprint density at radius 2 is 2.58 bits per heavy atom. The Balaban J connectivity index is 2.32. The molecule has 0 radical (unpaired) electrons. The molecule has 1 aliphatic heterocycles. The van der Waals surface area contributed by atoms with Crippen LogP contribution >= 0.6 is 0 Å². The standard InChI is InChI=1S/C9H15N3/c1-2-12-9-4-3-5-10-6-8(9)7-11-12/h7,10H,2-6H2,1H3. The van der Waals surface area contributed by atoms with Gasteiger partial charge in [0.25, 0.3) is 0 Å². The number of aryl methyl sites for hydroxylation is 1. The van der Waals surface area contributed by atoms with E-state index in [-0.39, 0.29) is 0 Å². The summed E-state index contributed by atoms with van der Waals surface area (Å²) in [5.41, 5.74) is 2.82. The van der Waals surface area contributed by atoms with Crippen LogP contribution in [0.25, 0.3) is 0 Å². The van der Waals surface area contributed by atoms with Gasteiger partial charge < -0.3 is 5.32 Å². The number of nitrogens with one attached hydrogen (secondary N) is 1. The molecule has 1 aromatic heterocycles. The largest absolute Gasteiger partial charge is 0.313 e. The second-order valence-electron chi connectivity index (χ2n) is 3.21. The summed E-state index contributed by atoms with van der Waals surface area (Å²) in [5.74, 6) is 0. The first-order chi connectivity index (χ1) is 5.92. The van der Waals surface area contributed by atoms with Crippen molar-refractivity contribution >= 4 is 0 Å². The molecule has 0 atom stereocenters. The van der Waals surface area contributed by atoms with Crippen LogP contribution < -0.4 is 5.32 Å². The van der Waals surface area contributed by atoms with E-state index in [4.69, 9.17) is 0 Å². The normalized spacial score (nSPS) is 17.1. The van der Waals surface area contributed by atoms with Gasteiger partial charge in [0.2, 0.25) is 0 Å². The number of aromatic nitrogens is 2. The number of fused-ring (bicyclic) bond motifs is 1. The van der Waals surface area contributed by atoms with Gasteiger partial charge in [-0.15, -0.1) is 0 Å². The van der Waals surface area contributed by atoms with Crippen molar-refractivity contribution < 1.29 is 0 Å². The summed E-state index contributed by atoms with van der Waals surface area (Å²) in [4.78, 5) is 0. The lowest BCUT2D eigenvalue weighted by Crippen LogP contribution is -2.11. The predicted molar refractivity (Wildman–Crippen MR) is 47.9 cm³/mol. The van der Waals surface area contributed by atoms with E-state index in [1.165, 1.54) is 24.1 Å². The summed E-state index contributed by atoms with van der Waals surface area (Å²) in [5, 5.41) is 7.72. The second kappa shape index (κ2) is 3.27. The summed E-state index contributed by atoms with van der Waals surface area (Å²) in [7, 11) is 0. The quantitative estimate of drug-likeness (QED) is 0.671. The molecule has 0 saturated heterocycles. The highest BCUT2D eigenvalue weighted by molar-refractivity contribution is 5.18. The average molecular weight is 165 g/mol. The molecule has 0 aliphatic carbocycles. The number of rotatable bonds is 1. The molecule has 2 rings (SSSR count). The highest BCUT2D eigenvalue weighted by Gasteiger charge is 2.11. The minimum absolute atomic E-state index is 0.995. The monoisotopic (exact) mass is 165 g/mol. The molecule has 0 bridgehead atoms. The Morgan fingerprint density at radius 3 is 3.42 bits per heavy atom. The van der Waals surface area contributed by atoms with Gasteiger partial charge in [0.1, 0.15) is 0 Å². The molecule has 1 aromatic rings. The first kappa shape index (κ1) is 7.80. The fourth-order valence-electron chi connectivity index (χ4n) is 1.76. The molecule has 12 heavy (non-hydrogen) atoms. The molecular formula is C9H15N3. The van der Waals surface area contributed by atoms with Crippen molar-refractivity contribution in [2.75, 3.05) is 6.54 Å². The van der Waals surface area contributed by atoms with Gasteiger partial charge in [-0.25, -0.2) is 0 Å². The van der Waals surface area contributed by atoms with Gasteiger partial charge in [-0.05, 0) is 26.3 Å². The van der Waals surface area contributed by atoms with E-state index in [1.807, 2.05) is 6.20 Å². The minimum atomic E-state index is 0.995. The molecule has 66 valence electrons. The van der Waals surface area contributed by atoms with Crippen molar-refractivity contribution in [3.05, 3.63) is 17.5 Å². The molecule has 0 unspecified atom stereocenters. The smallest absolute Gasteiger partial charge is 0.0537 e. The predicted octanol–water partition coefficient (Wildman–Crippen LogP) is 0.939. The van der Waals surface area contributed by atoms with E-state index in [0.717, 1.165) is 19.6 Å². The molecule has 0 aromatic carbocycles. The van der Waals surface area contributed by atoms with Gasteiger partial charge in [0.05, 0.1) is 6.20 Å². The zero-order valence-electron chi connectivity index (χ0n) is 7.51. The van der Waals surface area contributed by atoms with Crippen LogP contribution in [0.5, 0.6) is 0 Å². The zero-order valence-corrected chi connectivity index (χ0v) is 7.51. The summed E-state index contributed by atoms with van der Waals surface area (Å²) in [6.07, 6.45) is 4.41. The summed E-state index contributed by atoms with van der Waals surface area (Å²) in [6.45, 7) is 5.27. The van der Waals surface area contributed by atoms with Crippen LogP contribution in [-0.4, -0.2) is 16.3 Å². The van der Waals surface area contributed by atoms with Crippen LogP contribution in [-0.2, 0) is 19.5 Å². The van der Waals surface area contributed by atoms with Crippen LogP contribution in [0.4, 0.5) is 0 Å². The van der Waals surface area contributed by atoms with Crippen LogP contribution in [0, 0.1) is 0 Å². The summed E-state index contributed by atoms with van der Waals surface area (Å²) < 4.78 is 2.11. The molecule has 2 heterocycles. The Labute approximate surface area is 72.8 Å². The zero-order chi connectivity index (χ0) is 8.39. The lowest BCUT2D eigenvalue weighted by atomic mass is 10.2. The average Bonchev–Trinajstić information content (AvgIpc) is 2.33. The molecule has 0 spiro atoms.